The van der Waals surface area contributed by atoms with Crippen molar-refractivity contribution in [3.05, 3.63) is 28.2 Å². The number of hydrogen-bond donors (Lipinski definition) is 2. The lowest BCUT2D eigenvalue weighted by molar-refractivity contribution is 0.0601. The Balaban J connectivity index is 2.24. The summed E-state index contributed by atoms with van der Waals surface area (Å²) in [5.41, 5.74) is 0.643. The highest BCUT2D eigenvalue weighted by Crippen LogP contribution is 2.40. The Labute approximate surface area is 91.7 Å². The Morgan fingerprint density at radius 1 is 1.36 bits per heavy atom. The van der Waals surface area contributed by atoms with Crippen molar-refractivity contribution in [3.8, 4) is 5.75 Å². The second-order valence-corrected chi connectivity index (χ2v) is 4.75. The quantitative estimate of drug-likeness (QED) is 0.855. The largest absolute Gasteiger partial charge is 0.508 e. The van der Waals surface area contributed by atoms with Gasteiger partial charge in [-0.05, 0) is 37.0 Å². The number of halogens is 1. The van der Waals surface area contributed by atoms with E-state index in [4.69, 9.17) is 0 Å². The van der Waals surface area contributed by atoms with Crippen LogP contribution in [0.5, 0.6) is 5.75 Å². The van der Waals surface area contributed by atoms with Crippen LogP contribution in [0.25, 0.3) is 0 Å². The molecule has 0 bridgehead atoms. The van der Waals surface area contributed by atoms with E-state index in [-0.39, 0.29) is 5.75 Å². The third kappa shape index (κ3) is 1.79. The van der Waals surface area contributed by atoms with Crippen LogP contribution >= 0.6 is 15.9 Å². The maximum Gasteiger partial charge on any atom is 0.121 e. The molecule has 2 rings (SSSR count). The fraction of sp³-hybridized carbons (Fsp3) is 0.455. The number of benzene rings is 1. The highest BCUT2D eigenvalue weighted by Gasteiger charge is 2.28. The van der Waals surface area contributed by atoms with Crippen LogP contribution in [0.4, 0.5) is 0 Å². The zero-order valence-corrected chi connectivity index (χ0v) is 9.37. The van der Waals surface area contributed by atoms with Gasteiger partial charge in [0.05, 0.1) is 6.10 Å². The van der Waals surface area contributed by atoms with Crippen molar-refractivity contribution in [2.24, 2.45) is 5.92 Å². The molecule has 1 saturated carbocycles. The van der Waals surface area contributed by atoms with Crippen molar-refractivity contribution in [1.29, 1.82) is 0 Å². The predicted octanol–water partition coefficient (Wildman–Crippen LogP) is 2.99. The Bertz CT molecular complexity index is 334. The Morgan fingerprint density at radius 3 is 2.64 bits per heavy atom. The van der Waals surface area contributed by atoms with Crippen LogP contribution in [0.2, 0.25) is 0 Å². The lowest BCUT2D eigenvalue weighted by Gasteiger charge is -2.30. The summed E-state index contributed by atoms with van der Waals surface area (Å²) in [5.74, 6) is 0.516. The maximum absolute atomic E-state index is 9.96. The standard InChI is InChI=1S/C11H13BrO2/c12-8-4-5-10(13)9(6-8)11(14)7-2-1-3-7/h4-7,11,13-14H,1-3H2. The monoisotopic (exact) mass is 256 g/mol. The van der Waals surface area contributed by atoms with Crippen LogP contribution in [-0.4, -0.2) is 10.2 Å². The molecule has 1 fully saturated rings. The lowest BCUT2D eigenvalue weighted by atomic mass is 9.78. The van der Waals surface area contributed by atoms with Gasteiger partial charge in [0.25, 0.3) is 0 Å². The van der Waals surface area contributed by atoms with E-state index < -0.39 is 6.10 Å². The molecule has 0 aromatic heterocycles. The van der Waals surface area contributed by atoms with Crippen molar-refractivity contribution < 1.29 is 10.2 Å². The van der Waals surface area contributed by atoms with Crippen molar-refractivity contribution in [1.82, 2.24) is 0 Å². The van der Waals surface area contributed by atoms with Crippen LogP contribution in [0, 0.1) is 5.92 Å². The number of hydrogen-bond acceptors (Lipinski definition) is 2. The summed E-state index contributed by atoms with van der Waals surface area (Å²) in [5, 5.41) is 19.6. The van der Waals surface area contributed by atoms with Gasteiger partial charge in [0, 0.05) is 10.0 Å². The van der Waals surface area contributed by atoms with Crippen LogP contribution < -0.4 is 0 Å². The molecule has 1 atom stereocenters. The molecule has 0 heterocycles. The van der Waals surface area contributed by atoms with Gasteiger partial charge in [-0.25, -0.2) is 0 Å². The summed E-state index contributed by atoms with van der Waals surface area (Å²) in [7, 11) is 0. The Kier molecular flexibility index (Phi) is 2.79. The number of rotatable bonds is 2. The van der Waals surface area contributed by atoms with E-state index in [0.29, 0.717) is 11.5 Å². The summed E-state index contributed by atoms with van der Waals surface area (Å²) < 4.78 is 0.892. The lowest BCUT2D eigenvalue weighted by Crippen LogP contribution is -2.20. The minimum Gasteiger partial charge on any atom is -0.508 e. The molecule has 1 aromatic carbocycles. The molecule has 3 heteroatoms. The van der Waals surface area contributed by atoms with Gasteiger partial charge in [0.2, 0.25) is 0 Å². The molecule has 0 saturated heterocycles. The van der Waals surface area contributed by atoms with Crippen LogP contribution in [0.15, 0.2) is 22.7 Å². The third-order valence-corrected chi connectivity index (χ3v) is 3.40. The van der Waals surface area contributed by atoms with Gasteiger partial charge in [-0.1, -0.05) is 22.4 Å². The topological polar surface area (TPSA) is 40.5 Å². The molecule has 0 aliphatic heterocycles. The fourth-order valence-electron chi connectivity index (χ4n) is 1.77. The van der Waals surface area contributed by atoms with Crippen LogP contribution in [0.3, 0.4) is 0 Å². The number of phenols is 1. The first-order chi connectivity index (χ1) is 6.68. The van der Waals surface area contributed by atoms with Crippen molar-refractivity contribution >= 4 is 15.9 Å². The molecule has 0 radical (unpaired) electrons. The van der Waals surface area contributed by atoms with Gasteiger partial charge in [-0.15, -0.1) is 0 Å². The Morgan fingerprint density at radius 2 is 2.07 bits per heavy atom. The first-order valence-electron chi connectivity index (χ1n) is 4.85. The zero-order chi connectivity index (χ0) is 10.1. The van der Waals surface area contributed by atoms with E-state index in [1.165, 1.54) is 6.42 Å². The molecular weight excluding hydrogens is 244 g/mol. The van der Waals surface area contributed by atoms with Crippen molar-refractivity contribution in [2.45, 2.75) is 25.4 Å². The average molecular weight is 257 g/mol. The molecule has 2 N–H and O–H groups in total. The minimum absolute atomic E-state index is 0.188. The first-order valence-corrected chi connectivity index (χ1v) is 5.64. The normalized spacial score (nSPS) is 19.0. The Hall–Kier alpha value is -0.540. The van der Waals surface area contributed by atoms with Gasteiger partial charge < -0.3 is 10.2 Å². The van der Waals surface area contributed by atoms with E-state index >= 15 is 0 Å². The van der Waals surface area contributed by atoms with Gasteiger partial charge >= 0.3 is 0 Å². The smallest absolute Gasteiger partial charge is 0.121 e. The van der Waals surface area contributed by atoms with Gasteiger partial charge in [0.15, 0.2) is 0 Å². The molecule has 14 heavy (non-hydrogen) atoms. The molecule has 1 unspecified atom stereocenters. The van der Waals surface area contributed by atoms with Crippen molar-refractivity contribution in [2.75, 3.05) is 0 Å². The second kappa shape index (κ2) is 3.91. The van der Waals surface area contributed by atoms with Gasteiger partial charge in [0.1, 0.15) is 5.75 Å². The van der Waals surface area contributed by atoms with Crippen molar-refractivity contribution in [3.63, 3.8) is 0 Å². The predicted molar refractivity (Wildman–Crippen MR) is 58.1 cm³/mol. The van der Waals surface area contributed by atoms with E-state index in [0.717, 1.165) is 17.3 Å². The van der Waals surface area contributed by atoms with Gasteiger partial charge in [-0.2, -0.15) is 0 Å². The summed E-state index contributed by atoms with van der Waals surface area (Å²) in [6.45, 7) is 0. The van der Waals surface area contributed by atoms with E-state index in [2.05, 4.69) is 15.9 Å². The highest BCUT2D eigenvalue weighted by molar-refractivity contribution is 9.10. The van der Waals surface area contributed by atoms with Crippen LogP contribution in [0.1, 0.15) is 30.9 Å². The summed E-state index contributed by atoms with van der Waals surface area (Å²) in [6.07, 6.45) is 2.80. The fourth-order valence-corrected chi connectivity index (χ4v) is 2.15. The molecular formula is C11H13BrO2. The first kappa shape index (κ1) is 9.99. The highest BCUT2D eigenvalue weighted by atomic mass is 79.9. The summed E-state index contributed by atoms with van der Waals surface area (Å²) in [6, 6.07) is 5.17. The number of aliphatic hydroxyl groups excluding tert-OH is 1. The van der Waals surface area contributed by atoms with E-state index in [1.54, 1.807) is 18.2 Å². The number of phenolic OH excluding ortho intramolecular Hbond substituents is 1. The molecule has 1 aliphatic rings. The SMILES string of the molecule is Oc1ccc(Br)cc1C(O)C1CCC1. The molecule has 1 aliphatic carbocycles. The molecule has 76 valence electrons. The number of aromatic hydroxyl groups is 1. The van der Waals surface area contributed by atoms with E-state index in [1.807, 2.05) is 0 Å². The second-order valence-electron chi connectivity index (χ2n) is 3.84. The van der Waals surface area contributed by atoms with Gasteiger partial charge in [-0.3, -0.25) is 0 Å². The third-order valence-electron chi connectivity index (χ3n) is 2.90. The molecule has 0 spiro atoms. The number of aliphatic hydroxyl groups is 1. The average Bonchev–Trinajstić information content (AvgIpc) is 2.06. The van der Waals surface area contributed by atoms with E-state index in [9.17, 15) is 10.2 Å². The molecule has 2 nitrogen and oxygen atoms in total. The zero-order valence-electron chi connectivity index (χ0n) is 7.78. The summed E-state index contributed by atoms with van der Waals surface area (Å²) >= 11 is 3.33. The molecule has 1 aromatic rings. The van der Waals surface area contributed by atoms with Crippen LogP contribution in [-0.2, 0) is 0 Å². The summed E-state index contributed by atoms with van der Waals surface area (Å²) in [4.78, 5) is 0. The molecule has 0 amide bonds. The minimum atomic E-state index is -0.513. The maximum atomic E-state index is 9.96.